The molecule has 17 heavy (non-hydrogen) atoms. The van der Waals surface area contributed by atoms with Gasteiger partial charge in [0.25, 0.3) is 0 Å². The molecule has 1 aromatic heterocycles. The predicted molar refractivity (Wildman–Crippen MR) is 66.5 cm³/mol. The molecule has 4 heteroatoms. The van der Waals surface area contributed by atoms with Gasteiger partial charge < -0.3 is 10.2 Å². The summed E-state index contributed by atoms with van der Waals surface area (Å²) >= 11 is 0. The monoisotopic (exact) mass is 232 g/mol. The number of hydrogen-bond acceptors (Lipinski definition) is 4. The lowest BCUT2D eigenvalue weighted by molar-refractivity contribution is 0.0677. The second-order valence-corrected chi connectivity index (χ2v) is 5.26. The summed E-state index contributed by atoms with van der Waals surface area (Å²) in [5.74, 6) is 0.860. The van der Waals surface area contributed by atoms with Crippen molar-refractivity contribution in [2.45, 2.75) is 31.8 Å². The summed E-state index contributed by atoms with van der Waals surface area (Å²) in [7, 11) is 0. The van der Waals surface area contributed by atoms with Crippen LogP contribution >= 0.6 is 0 Å². The maximum absolute atomic E-state index is 4.37. The van der Waals surface area contributed by atoms with Gasteiger partial charge >= 0.3 is 0 Å². The maximum atomic E-state index is 4.37. The highest BCUT2D eigenvalue weighted by Gasteiger charge is 2.34. The molecule has 2 bridgehead atoms. The molecular weight excluding hydrogens is 212 g/mol. The molecule has 0 saturated carbocycles. The molecule has 2 atom stereocenters. The van der Waals surface area contributed by atoms with Gasteiger partial charge in [-0.3, -0.25) is 9.97 Å². The lowest BCUT2D eigenvalue weighted by Crippen LogP contribution is -2.56. The Balaban J connectivity index is 1.64. The molecule has 4 nitrogen and oxygen atoms in total. The van der Waals surface area contributed by atoms with E-state index < -0.39 is 0 Å². The van der Waals surface area contributed by atoms with Crippen molar-refractivity contribution in [2.24, 2.45) is 5.92 Å². The van der Waals surface area contributed by atoms with Crippen LogP contribution < -0.4 is 5.32 Å². The Bertz CT molecular complexity index is 359. The molecule has 0 amide bonds. The number of hydrogen-bond donors (Lipinski definition) is 1. The van der Waals surface area contributed by atoms with Crippen molar-refractivity contribution in [1.82, 2.24) is 20.2 Å². The second kappa shape index (κ2) is 4.70. The van der Waals surface area contributed by atoms with Crippen molar-refractivity contribution in [1.29, 1.82) is 0 Å². The highest BCUT2D eigenvalue weighted by molar-refractivity contribution is 5.03. The molecule has 92 valence electrons. The Kier molecular flexibility index (Phi) is 3.07. The van der Waals surface area contributed by atoms with Crippen molar-refractivity contribution >= 4 is 0 Å². The number of rotatable bonds is 3. The van der Waals surface area contributed by atoms with E-state index in [1.54, 1.807) is 12.4 Å². The summed E-state index contributed by atoms with van der Waals surface area (Å²) in [6.45, 7) is 5.97. The summed E-state index contributed by atoms with van der Waals surface area (Å²) in [5, 5.41) is 3.72. The Labute approximate surface area is 102 Å². The third-order valence-electron chi connectivity index (χ3n) is 4.15. The summed E-state index contributed by atoms with van der Waals surface area (Å²) in [4.78, 5) is 11.1. The van der Waals surface area contributed by atoms with Crippen LogP contribution in [0.4, 0.5) is 0 Å². The quantitative estimate of drug-likeness (QED) is 0.851. The SMILES string of the molecule is CC(NC1CN2CCC1CC2)c1cnccn1. The lowest BCUT2D eigenvalue weighted by Gasteiger charge is -2.45. The van der Waals surface area contributed by atoms with Crippen LogP contribution in [-0.4, -0.2) is 40.5 Å². The van der Waals surface area contributed by atoms with Crippen molar-refractivity contribution < 1.29 is 0 Å². The standard InChI is InChI=1S/C13H20N4/c1-10(12-8-14-4-5-15-12)16-13-9-17-6-2-11(13)3-7-17/h4-5,8,10-11,13,16H,2-3,6-7,9H2,1H3. The summed E-state index contributed by atoms with van der Waals surface area (Å²) in [6, 6.07) is 0.934. The smallest absolute Gasteiger partial charge is 0.0753 e. The third-order valence-corrected chi connectivity index (χ3v) is 4.15. The fourth-order valence-corrected chi connectivity index (χ4v) is 3.09. The van der Waals surface area contributed by atoms with Gasteiger partial charge in [-0.2, -0.15) is 0 Å². The topological polar surface area (TPSA) is 41.0 Å². The normalized spacial score (nSPS) is 33.6. The first-order chi connectivity index (χ1) is 8.33. The number of aromatic nitrogens is 2. The number of nitrogens with one attached hydrogen (secondary N) is 1. The van der Waals surface area contributed by atoms with E-state index in [2.05, 4.69) is 27.1 Å². The number of fused-ring (bicyclic) bond motifs is 3. The second-order valence-electron chi connectivity index (χ2n) is 5.26. The van der Waals surface area contributed by atoms with Crippen molar-refractivity contribution in [2.75, 3.05) is 19.6 Å². The molecule has 0 aliphatic carbocycles. The molecule has 4 rings (SSSR count). The molecule has 1 N–H and O–H groups in total. The maximum Gasteiger partial charge on any atom is 0.0753 e. The van der Waals surface area contributed by atoms with Gasteiger partial charge in [0.1, 0.15) is 0 Å². The molecule has 1 aromatic rings. The van der Waals surface area contributed by atoms with Crippen LogP contribution in [0.5, 0.6) is 0 Å². The van der Waals surface area contributed by atoms with Crippen LogP contribution in [0.2, 0.25) is 0 Å². The first-order valence-electron chi connectivity index (χ1n) is 6.57. The lowest BCUT2D eigenvalue weighted by atomic mass is 9.83. The first-order valence-corrected chi connectivity index (χ1v) is 6.57. The van der Waals surface area contributed by atoms with Crippen LogP contribution in [0.15, 0.2) is 18.6 Å². The molecule has 4 heterocycles. The largest absolute Gasteiger partial charge is 0.304 e. The van der Waals surface area contributed by atoms with Crippen LogP contribution in [0, 0.1) is 5.92 Å². The number of nitrogens with zero attached hydrogens (tertiary/aromatic N) is 3. The Morgan fingerprint density at radius 2 is 2.18 bits per heavy atom. The van der Waals surface area contributed by atoms with Crippen LogP contribution in [0.3, 0.4) is 0 Å². The van der Waals surface area contributed by atoms with Crippen molar-refractivity contribution in [3.8, 4) is 0 Å². The van der Waals surface area contributed by atoms with Crippen LogP contribution in [0.25, 0.3) is 0 Å². The van der Waals surface area contributed by atoms with Gasteiger partial charge in [-0.25, -0.2) is 0 Å². The minimum atomic E-state index is 0.300. The molecule has 3 fully saturated rings. The van der Waals surface area contributed by atoms with E-state index in [4.69, 9.17) is 0 Å². The molecule has 3 aliphatic heterocycles. The molecule has 3 aliphatic rings. The van der Waals surface area contributed by atoms with E-state index in [0.29, 0.717) is 12.1 Å². The Morgan fingerprint density at radius 1 is 1.35 bits per heavy atom. The highest BCUT2D eigenvalue weighted by Crippen LogP contribution is 2.28. The average Bonchev–Trinajstić information content (AvgIpc) is 2.41. The molecule has 2 unspecified atom stereocenters. The van der Waals surface area contributed by atoms with Crippen molar-refractivity contribution in [3.63, 3.8) is 0 Å². The average molecular weight is 232 g/mol. The van der Waals surface area contributed by atoms with Gasteiger partial charge in [-0.15, -0.1) is 0 Å². The van der Waals surface area contributed by atoms with Gasteiger partial charge in [-0.05, 0) is 38.8 Å². The zero-order valence-corrected chi connectivity index (χ0v) is 10.3. The molecular formula is C13H20N4. The van der Waals surface area contributed by atoms with Gasteiger partial charge in [0.05, 0.1) is 5.69 Å². The third kappa shape index (κ3) is 2.33. The van der Waals surface area contributed by atoms with E-state index in [9.17, 15) is 0 Å². The minimum absolute atomic E-state index is 0.300. The Morgan fingerprint density at radius 3 is 2.76 bits per heavy atom. The van der Waals surface area contributed by atoms with E-state index in [1.165, 1.54) is 32.5 Å². The molecule has 0 spiro atoms. The van der Waals surface area contributed by atoms with E-state index >= 15 is 0 Å². The highest BCUT2D eigenvalue weighted by atomic mass is 15.2. The van der Waals surface area contributed by atoms with E-state index in [0.717, 1.165) is 11.6 Å². The fourth-order valence-electron chi connectivity index (χ4n) is 3.09. The number of piperidine rings is 3. The molecule has 0 radical (unpaired) electrons. The van der Waals surface area contributed by atoms with Crippen LogP contribution in [-0.2, 0) is 0 Å². The van der Waals surface area contributed by atoms with Gasteiger partial charge in [0.15, 0.2) is 0 Å². The zero-order chi connectivity index (χ0) is 11.7. The summed E-state index contributed by atoms with van der Waals surface area (Å²) in [5.41, 5.74) is 1.05. The fraction of sp³-hybridized carbons (Fsp3) is 0.692. The predicted octanol–water partition coefficient (Wildman–Crippen LogP) is 1.22. The summed E-state index contributed by atoms with van der Waals surface area (Å²) in [6.07, 6.45) is 8.06. The molecule has 0 aromatic carbocycles. The van der Waals surface area contributed by atoms with Gasteiger partial charge in [0, 0.05) is 37.2 Å². The van der Waals surface area contributed by atoms with Crippen molar-refractivity contribution in [3.05, 3.63) is 24.3 Å². The minimum Gasteiger partial charge on any atom is -0.304 e. The Hall–Kier alpha value is -1.00. The first kappa shape index (κ1) is 11.1. The van der Waals surface area contributed by atoms with Gasteiger partial charge in [-0.1, -0.05) is 0 Å². The summed E-state index contributed by atoms with van der Waals surface area (Å²) < 4.78 is 0. The van der Waals surface area contributed by atoms with Gasteiger partial charge in [0.2, 0.25) is 0 Å². The molecule has 3 saturated heterocycles. The van der Waals surface area contributed by atoms with E-state index in [1.807, 2.05) is 6.20 Å². The zero-order valence-electron chi connectivity index (χ0n) is 10.3. The van der Waals surface area contributed by atoms with E-state index in [-0.39, 0.29) is 0 Å². The van der Waals surface area contributed by atoms with Crippen LogP contribution in [0.1, 0.15) is 31.5 Å².